The van der Waals surface area contributed by atoms with E-state index in [-0.39, 0.29) is 0 Å². The fourth-order valence-electron chi connectivity index (χ4n) is 2.37. The lowest BCUT2D eigenvalue weighted by Crippen LogP contribution is -2.36. The standard InChI is InChI=1S/C11H20N2/c1-2-3-8-11-12-9-6-4-5-7-10(9)13-11/h9-10H,2-8H2,1H3,(H,12,13). The van der Waals surface area contributed by atoms with Crippen LogP contribution in [0.3, 0.4) is 0 Å². The Morgan fingerprint density at radius 1 is 1.38 bits per heavy atom. The van der Waals surface area contributed by atoms with Crippen molar-refractivity contribution in [2.75, 3.05) is 0 Å². The van der Waals surface area contributed by atoms with Gasteiger partial charge in [-0.25, -0.2) is 0 Å². The molecule has 2 aliphatic rings. The summed E-state index contributed by atoms with van der Waals surface area (Å²) in [6.45, 7) is 2.24. The highest BCUT2D eigenvalue weighted by Gasteiger charge is 2.29. The number of amidine groups is 1. The molecule has 0 aromatic heterocycles. The summed E-state index contributed by atoms with van der Waals surface area (Å²) in [5.74, 6) is 1.29. The van der Waals surface area contributed by atoms with Gasteiger partial charge in [0.1, 0.15) is 0 Å². The second-order valence-electron chi connectivity index (χ2n) is 4.28. The van der Waals surface area contributed by atoms with Crippen molar-refractivity contribution in [1.29, 1.82) is 0 Å². The molecule has 0 spiro atoms. The van der Waals surface area contributed by atoms with Crippen LogP contribution in [0.1, 0.15) is 51.9 Å². The van der Waals surface area contributed by atoms with Crippen molar-refractivity contribution in [3.05, 3.63) is 0 Å². The molecule has 1 heterocycles. The molecule has 1 aliphatic heterocycles. The molecule has 74 valence electrons. The summed E-state index contributed by atoms with van der Waals surface area (Å²) >= 11 is 0. The van der Waals surface area contributed by atoms with E-state index in [4.69, 9.17) is 4.99 Å². The SMILES string of the molecule is CCCCC1=NC2CCCCC2N1. The summed E-state index contributed by atoms with van der Waals surface area (Å²) in [6, 6.07) is 1.32. The first-order valence-corrected chi connectivity index (χ1v) is 5.73. The van der Waals surface area contributed by atoms with Gasteiger partial charge in [-0.1, -0.05) is 26.2 Å². The molecule has 0 amide bonds. The average Bonchev–Trinajstić information content (AvgIpc) is 2.57. The normalized spacial score (nSPS) is 32.2. The molecule has 0 aromatic carbocycles. The number of nitrogens with zero attached hydrogens (tertiary/aromatic N) is 1. The summed E-state index contributed by atoms with van der Waals surface area (Å²) < 4.78 is 0. The number of rotatable bonds is 3. The lowest BCUT2D eigenvalue weighted by molar-refractivity contribution is 0.384. The first-order valence-electron chi connectivity index (χ1n) is 5.73. The van der Waals surface area contributed by atoms with E-state index in [9.17, 15) is 0 Å². The van der Waals surface area contributed by atoms with E-state index < -0.39 is 0 Å². The van der Waals surface area contributed by atoms with Gasteiger partial charge in [-0.15, -0.1) is 0 Å². The van der Waals surface area contributed by atoms with Gasteiger partial charge in [0, 0.05) is 12.5 Å². The Labute approximate surface area is 80.8 Å². The van der Waals surface area contributed by atoms with Crippen LogP contribution < -0.4 is 5.32 Å². The monoisotopic (exact) mass is 180 g/mol. The van der Waals surface area contributed by atoms with Crippen LogP contribution in [0.4, 0.5) is 0 Å². The van der Waals surface area contributed by atoms with Gasteiger partial charge < -0.3 is 5.32 Å². The molecule has 1 fully saturated rings. The zero-order valence-electron chi connectivity index (χ0n) is 8.55. The van der Waals surface area contributed by atoms with Crippen molar-refractivity contribution >= 4 is 5.84 Å². The maximum Gasteiger partial charge on any atom is 0.0970 e. The van der Waals surface area contributed by atoms with Crippen molar-refractivity contribution < 1.29 is 0 Å². The van der Waals surface area contributed by atoms with Crippen molar-refractivity contribution in [3.63, 3.8) is 0 Å². The lowest BCUT2D eigenvalue weighted by atomic mass is 9.92. The molecule has 2 rings (SSSR count). The maximum absolute atomic E-state index is 4.75. The Balaban J connectivity index is 1.86. The van der Waals surface area contributed by atoms with E-state index in [0.29, 0.717) is 12.1 Å². The largest absolute Gasteiger partial charge is 0.369 e. The van der Waals surface area contributed by atoms with Gasteiger partial charge in [0.05, 0.1) is 11.9 Å². The van der Waals surface area contributed by atoms with Gasteiger partial charge in [0.25, 0.3) is 0 Å². The lowest BCUT2D eigenvalue weighted by Gasteiger charge is -2.23. The number of aliphatic imine (C=N–C) groups is 1. The summed E-state index contributed by atoms with van der Waals surface area (Å²) in [4.78, 5) is 4.75. The Kier molecular flexibility index (Phi) is 2.87. The van der Waals surface area contributed by atoms with Gasteiger partial charge >= 0.3 is 0 Å². The highest BCUT2D eigenvalue weighted by molar-refractivity contribution is 5.84. The number of unbranched alkanes of at least 4 members (excludes halogenated alkanes) is 1. The van der Waals surface area contributed by atoms with Crippen molar-refractivity contribution in [2.24, 2.45) is 4.99 Å². The molecule has 1 N–H and O–H groups in total. The Bertz CT molecular complexity index is 198. The van der Waals surface area contributed by atoms with Crippen LogP contribution in [0, 0.1) is 0 Å². The smallest absolute Gasteiger partial charge is 0.0970 e. The molecule has 2 nitrogen and oxygen atoms in total. The van der Waals surface area contributed by atoms with Gasteiger partial charge in [-0.3, -0.25) is 4.99 Å². The molecular weight excluding hydrogens is 160 g/mol. The van der Waals surface area contributed by atoms with Crippen molar-refractivity contribution in [1.82, 2.24) is 5.32 Å². The molecule has 2 heteroatoms. The highest BCUT2D eigenvalue weighted by Crippen LogP contribution is 2.25. The first-order chi connectivity index (χ1) is 6.40. The summed E-state index contributed by atoms with van der Waals surface area (Å²) in [6.07, 6.45) is 9.15. The highest BCUT2D eigenvalue weighted by atomic mass is 15.1. The van der Waals surface area contributed by atoms with Crippen LogP contribution in [0.5, 0.6) is 0 Å². The van der Waals surface area contributed by atoms with E-state index in [1.54, 1.807) is 0 Å². The molecule has 0 aromatic rings. The fourth-order valence-corrected chi connectivity index (χ4v) is 2.37. The summed E-state index contributed by atoms with van der Waals surface area (Å²) in [5, 5.41) is 3.58. The topological polar surface area (TPSA) is 24.4 Å². The molecular formula is C11H20N2. The summed E-state index contributed by atoms with van der Waals surface area (Å²) in [7, 11) is 0. The molecule has 0 bridgehead atoms. The second-order valence-corrected chi connectivity index (χ2v) is 4.28. The van der Waals surface area contributed by atoms with Crippen molar-refractivity contribution in [2.45, 2.75) is 64.0 Å². The van der Waals surface area contributed by atoms with E-state index in [2.05, 4.69) is 12.2 Å². The van der Waals surface area contributed by atoms with Crippen molar-refractivity contribution in [3.8, 4) is 0 Å². The van der Waals surface area contributed by atoms with Gasteiger partial charge in [-0.2, -0.15) is 0 Å². The number of fused-ring (bicyclic) bond motifs is 1. The summed E-state index contributed by atoms with van der Waals surface area (Å²) in [5.41, 5.74) is 0. The molecule has 13 heavy (non-hydrogen) atoms. The van der Waals surface area contributed by atoms with Crippen LogP contribution in [0.15, 0.2) is 4.99 Å². The number of hydrogen-bond acceptors (Lipinski definition) is 2. The van der Waals surface area contributed by atoms with Gasteiger partial charge in [0.2, 0.25) is 0 Å². The molecule has 1 saturated carbocycles. The number of hydrogen-bond donors (Lipinski definition) is 1. The van der Waals surface area contributed by atoms with E-state index >= 15 is 0 Å². The molecule has 2 atom stereocenters. The van der Waals surface area contributed by atoms with Crippen LogP contribution in [-0.4, -0.2) is 17.9 Å². The number of nitrogens with one attached hydrogen (secondary N) is 1. The van der Waals surface area contributed by atoms with Crippen LogP contribution in [0.2, 0.25) is 0 Å². The molecule has 2 unspecified atom stereocenters. The quantitative estimate of drug-likeness (QED) is 0.709. The zero-order valence-corrected chi connectivity index (χ0v) is 8.55. The molecule has 1 aliphatic carbocycles. The maximum atomic E-state index is 4.75. The Hall–Kier alpha value is -0.530. The van der Waals surface area contributed by atoms with Crippen LogP contribution >= 0.6 is 0 Å². The van der Waals surface area contributed by atoms with E-state index in [0.717, 1.165) is 0 Å². The second kappa shape index (κ2) is 4.12. The van der Waals surface area contributed by atoms with Gasteiger partial charge in [-0.05, 0) is 19.3 Å². The zero-order chi connectivity index (χ0) is 9.10. The predicted molar refractivity (Wildman–Crippen MR) is 56.1 cm³/mol. The minimum atomic E-state index is 0.626. The Morgan fingerprint density at radius 3 is 3.00 bits per heavy atom. The predicted octanol–water partition coefficient (Wildman–Crippen LogP) is 2.49. The molecule has 0 saturated heterocycles. The third-order valence-corrected chi connectivity index (χ3v) is 3.17. The minimum absolute atomic E-state index is 0.626. The van der Waals surface area contributed by atoms with Crippen LogP contribution in [0.25, 0.3) is 0 Å². The van der Waals surface area contributed by atoms with Gasteiger partial charge in [0.15, 0.2) is 0 Å². The van der Waals surface area contributed by atoms with E-state index in [1.165, 1.54) is 50.8 Å². The molecule has 0 radical (unpaired) electrons. The fraction of sp³-hybridized carbons (Fsp3) is 0.909. The minimum Gasteiger partial charge on any atom is -0.369 e. The third-order valence-electron chi connectivity index (χ3n) is 3.17. The van der Waals surface area contributed by atoms with Crippen LogP contribution in [-0.2, 0) is 0 Å². The van der Waals surface area contributed by atoms with E-state index in [1.807, 2.05) is 0 Å². The Morgan fingerprint density at radius 2 is 2.23 bits per heavy atom. The average molecular weight is 180 g/mol. The first kappa shape index (κ1) is 9.04. The third kappa shape index (κ3) is 2.04.